The number of hydrogen-bond acceptors (Lipinski definition) is 4. The third kappa shape index (κ3) is 1.92. The first-order valence-electron chi connectivity index (χ1n) is 4.38. The Morgan fingerprint density at radius 2 is 2.40 bits per heavy atom. The average Bonchev–Trinajstić information content (AvgIpc) is 2.58. The van der Waals surface area contributed by atoms with Gasteiger partial charge in [0.05, 0.1) is 15.8 Å². The molecule has 0 unspecified atom stereocenters. The highest BCUT2D eigenvalue weighted by Gasteiger charge is 2.09. The Balaban J connectivity index is 2.41. The fourth-order valence-corrected chi connectivity index (χ4v) is 2.17. The molecule has 0 fully saturated rings. The summed E-state index contributed by atoms with van der Waals surface area (Å²) in [4.78, 5) is 10.4. The molecule has 4 nitrogen and oxygen atoms in total. The Bertz CT molecular complexity index is 506. The summed E-state index contributed by atoms with van der Waals surface area (Å²) in [6, 6.07) is 5.53. The number of aryl methyl sites for hydroxylation is 1. The predicted octanol–water partition coefficient (Wildman–Crippen LogP) is 2.07. The molecular formula is C10H9NO3S. The molecule has 78 valence electrons. The zero-order chi connectivity index (χ0) is 10.8. The van der Waals surface area contributed by atoms with Gasteiger partial charge in [0.2, 0.25) is 0 Å². The first kappa shape index (κ1) is 9.92. The second-order valence-corrected chi connectivity index (χ2v) is 3.88. The van der Waals surface area contributed by atoms with Gasteiger partial charge in [-0.05, 0) is 30.6 Å². The van der Waals surface area contributed by atoms with Crippen LogP contribution < -0.4 is 4.74 Å². The van der Waals surface area contributed by atoms with Crippen LogP contribution in [0.15, 0.2) is 18.2 Å². The van der Waals surface area contributed by atoms with Crippen molar-refractivity contribution in [3.05, 3.63) is 23.9 Å². The van der Waals surface area contributed by atoms with E-state index < -0.39 is 5.97 Å². The van der Waals surface area contributed by atoms with Gasteiger partial charge in [0, 0.05) is 0 Å². The highest BCUT2D eigenvalue weighted by atomic mass is 32.1. The highest BCUT2D eigenvalue weighted by molar-refractivity contribution is 7.13. The van der Waals surface area contributed by atoms with Gasteiger partial charge in [-0.2, -0.15) is 4.37 Å². The van der Waals surface area contributed by atoms with Crippen molar-refractivity contribution in [3.8, 4) is 5.75 Å². The fraction of sp³-hybridized carbons (Fsp3) is 0.200. The fourth-order valence-electron chi connectivity index (χ4n) is 1.37. The second kappa shape index (κ2) is 3.86. The van der Waals surface area contributed by atoms with Gasteiger partial charge < -0.3 is 9.84 Å². The van der Waals surface area contributed by atoms with E-state index in [9.17, 15) is 4.79 Å². The summed E-state index contributed by atoms with van der Waals surface area (Å²) in [5, 5.41) is 9.44. The standard InChI is InChI=1S/C10H9NO3S/c1-6-10-7(14-5-9(12)13)3-2-4-8(10)15-11-6/h2-4H,5H2,1H3,(H,12,13). The quantitative estimate of drug-likeness (QED) is 0.865. The Morgan fingerprint density at radius 3 is 3.13 bits per heavy atom. The van der Waals surface area contributed by atoms with Crippen LogP contribution in [-0.2, 0) is 4.79 Å². The van der Waals surface area contributed by atoms with Crippen molar-refractivity contribution in [1.29, 1.82) is 0 Å². The van der Waals surface area contributed by atoms with Crippen molar-refractivity contribution in [1.82, 2.24) is 4.37 Å². The molecule has 0 aliphatic rings. The maximum absolute atomic E-state index is 10.4. The second-order valence-electron chi connectivity index (χ2n) is 3.08. The van der Waals surface area contributed by atoms with Crippen LogP contribution in [0.4, 0.5) is 0 Å². The molecule has 15 heavy (non-hydrogen) atoms. The van der Waals surface area contributed by atoms with E-state index in [1.54, 1.807) is 6.07 Å². The number of hydrogen-bond donors (Lipinski definition) is 1. The van der Waals surface area contributed by atoms with Gasteiger partial charge >= 0.3 is 5.97 Å². The average molecular weight is 223 g/mol. The normalized spacial score (nSPS) is 10.5. The summed E-state index contributed by atoms with van der Waals surface area (Å²) in [6.45, 7) is 1.56. The van der Waals surface area contributed by atoms with E-state index in [0.717, 1.165) is 15.8 Å². The van der Waals surface area contributed by atoms with E-state index in [0.29, 0.717) is 5.75 Å². The Morgan fingerprint density at radius 1 is 1.60 bits per heavy atom. The van der Waals surface area contributed by atoms with Crippen LogP contribution in [0, 0.1) is 6.92 Å². The largest absolute Gasteiger partial charge is 0.481 e. The lowest BCUT2D eigenvalue weighted by molar-refractivity contribution is -0.139. The van der Waals surface area contributed by atoms with Crippen LogP contribution in [0.3, 0.4) is 0 Å². The summed E-state index contributed by atoms with van der Waals surface area (Å²) in [5.74, 6) is -0.394. The number of fused-ring (bicyclic) bond motifs is 1. The van der Waals surface area contributed by atoms with Gasteiger partial charge in [-0.1, -0.05) is 6.07 Å². The van der Waals surface area contributed by atoms with E-state index in [1.165, 1.54) is 11.5 Å². The molecule has 0 atom stereocenters. The van der Waals surface area contributed by atoms with Gasteiger partial charge in [0.1, 0.15) is 5.75 Å². The van der Waals surface area contributed by atoms with E-state index in [2.05, 4.69) is 4.37 Å². The van der Waals surface area contributed by atoms with Crippen LogP contribution in [0.5, 0.6) is 5.75 Å². The molecule has 0 bridgehead atoms. The van der Waals surface area contributed by atoms with Crippen LogP contribution in [0.25, 0.3) is 10.1 Å². The molecule has 0 amide bonds. The number of carboxylic acids is 1. The number of carbonyl (C=O) groups is 1. The molecule has 1 aromatic carbocycles. The third-order valence-corrected chi connectivity index (χ3v) is 2.88. The van der Waals surface area contributed by atoms with Crippen LogP contribution in [-0.4, -0.2) is 22.1 Å². The van der Waals surface area contributed by atoms with Gasteiger partial charge in [0.25, 0.3) is 0 Å². The molecule has 1 aromatic heterocycles. The van der Waals surface area contributed by atoms with E-state index in [1.807, 2.05) is 19.1 Å². The molecule has 0 aliphatic carbocycles. The van der Waals surface area contributed by atoms with E-state index in [-0.39, 0.29) is 6.61 Å². The van der Waals surface area contributed by atoms with E-state index >= 15 is 0 Å². The highest BCUT2D eigenvalue weighted by Crippen LogP contribution is 2.30. The molecule has 2 aromatic rings. The summed E-state index contributed by atoms with van der Waals surface area (Å²) in [7, 11) is 0. The predicted molar refractivity (Wildman–Crippen MR) is 57.5 cm³/mol. The number of carboxylic acid groups (broad SMARTS) is 1. The van der Waals surface area contributed by atoms with Crippen LogP contribution in [0.1, 0.15) is 5.69 Å². The number of aliphatic carboxylic acids is 1. The van der Waals surface area contributed by atoms with Crippen molar-refractivity contribution >= 4 is 27.6 Å². The van der Waals surface area contributed by atoms with Gasteiger partial charge in [0.15, 0.2) is 6.61 Å². The number of aromatic nitrogens is 1. The van der Waals surface area contributed by atoms with Gasteiger partial charge in [-0.3, -0.25) is 0 Å². The maximum atomic E-state index is 10.4. The van der Waals surface area contributed by atoms with Gasteiger partial charge in [-0.15, -0.1) is 0 Å². The molecule has 2 rings (SSSR count). The Labute approximate surface area is 90.3 Å². The summed E-state index contributed by atoms with van der Waals surface area (Å²) in [6.07, 6.45) is 0. The SMILES string of the molecule is Cc1nsc2cccc(OCC(=O)O)c12. The summed E-state index contributed by atoms with van der Waals surface area (Å²) in [5.41, 5.74) is 0.871. The lowest BCUT2D eigenvalue weighted by Gasteiger charge is -2.04. The van der Waals surface area contributed by atoms with Crippen molar-refractivity contribution in [2.45, 2.75) is 6.92 Å². The smallest absolute Gasteiger partial charge is 0.341 e. The number of ether oxygens (including phenoxy) is 1. The minimum absolute atomic E-state index is 0.325. The maximum Gasteiger partial charge on any atom is 0.341 e. The zero-order valence-electron chi connectivity index (χ0n) is 8.06. The van der Waals surface area contributed by atoms with E-state index in [4.69, 9.17) is 9.84 Å². The minimum Gasteiger partial charge on any atom is -0.481 e. The molecule has 0 radical (unpaired) electrons. The number of rotatable bonds is 3. The number of nitrogens with zero attached hydrogens (tertiary/aromatic N) is 1. The lowest BCUT2D eigenvalue weighted by atomic mass is 10.2. The Kier molecular flexibility index (Phi) is 2.55. The van der Waals surface area contributed by atoms with Crippen LogP contribution in [0.2, 0.25) is 0 Å². The first-order valence-corrected chi connectivity index (χ1v) is 5.15. The first-order chi connectivity index (χ1) is 7.18. The van der Waals surface area contributed by atoms with Crippen molar-refractivity contribution in [2.75, 3.05) is 6.61 Å². The van der Waals surface area contributed by atoms with Crippen LogP contribution >= 0.6 is 11.5 Å². The molecule has 0 saturated carbocycles. The summed E-state index contributed by atoms with van der Waals surface area (Å²) >= 11 is 1.38. The molecule has 0 aliphatic heterocycles. The van der Waals surface area contributed by atoms with Crippen molar-refractivity contribution < 1.29 is 14.6 Å². The summed E-state index contributed by atoms with van der Waals surface area (Å²) < 4.78 is 10.4. The molecule has 1 heterocycles. The van der Waals surface area contributed by atoms with Crippen molar-refractivity contribution in [2.24, 2.45) is 0 Å². The topological polar surface area (TPSA) is 59.4 Å². The molecule has 0 saturated heterocycles. The molecular weight excluding hydrogens is 214 g/mol. The molecule has 0 spiro atoms. The van der Waals surface area contributed by atoms with Gasteiger partial charge in [-0.25, -0.2) is 4.79 Å². The Hall–Kier alpha value is -1.62. The lowest BCUT2D eigenvalue weighted by Crippen LogP contribution is -2.09. The zero-order valence-corrected chi connectivity index (χ0v) is 8.87. The molecule has 5 heteroatoms. The third-order valence-electron chi connectivity index (χ3n) is 1.98. The minimum atomic E-state index is -0.979. The number of benzene rings is 1. The monoisotopic (exact) mass is 223 g/mol. The van der Waals surface area contributed by atoms with Crippen molar-refractivity contribution in [3.63, 3.8) is 0 Å². The molecule has 1 N–H and O–H groups in total.